The van der Waals surface area contributed by atoms with Crippen LogP contribution in [0.5, 0.6) is 0 Å². The van der Waals surface area contributed by atoms with Crippen molar-refractivity contribution in [2.75, 3.05) is 0 Å². The van der Waals surface area contributed by atoms with Crippen molar-refractivity contribution in [3.05, 3.63) is 58.7 Å². The second-order valence-electron chi connectivity index (χ2n) is 8.68. The number of rotatable bonds is 5. The Balaban J connectivity index is 1.87. The Morgan fingerprint density at radius 3 is 2.32 bits per heavy atom. The highest BCUT2D eigenvalue weighted by atomic mass is 28.3. The second kappa shape index (κ2) is 5.98. The van der Waals surface area contributed by atoms with E-state index in [1.165, 1.54) is 36.8 Å². The summed E-state index contributed by atoms with van der Waals surface area (Å²) in [5.74, 6) is 0.599. The highest BCUT2D eigenvalue weighted by Crippen LogP contribution is 2.50. The quantitative estimate of drug-likeness (QED) is 0.546. The molecule has 2 aromatic carbocycles. The maximum atomic E-state index is 2.57. The first kappa shape index (κ1) is 16.8. The minimum Gasteiger partial charge on any atom is -0.0655 e. The second-order valence-corrected chi connectivity index (χ2v) is 13.0. The first-order valence-electron chi connectivity index (χ1n) is 9.94. The summed E-state index contributed by atoms with van der Waals surface area (Å²) in [4.78, 5) is 0. The molecule has 0 N–H and O–H groups in total. The van der Waals surface area contributed by atoms with E-state index >= 15 is 0 Å². The fourth-order valence-electron chi connectivity index (χ4n) is 4.92. The van der Waals surface area contributed by atoms with Gasteiger partial charge in [-0.2, -0.15) is 0 Å². The normalized spacial score (nSPS) is 17.0. The Hall–Kier alpha value is -1.60. The lowest BCUT2D eigenvalue weighted by Crippen LogP contribution is -2.39. The molecule has 4 rings (SSSR count). The average Bonchev–Trinajstić information content (AvgIpc) is 3.04. The fourth-order valence-corrected chi connectivity index (χ4v) is 8.59. The van der Waals surface area contributed by atoms with Gasteiger partial charge in [-0.25, -0.2) is 0 Å². The molecule has 25 heavy (non-hydrogen) atoms. The van der Waals surface area contributed by atoms with Gasteiger partial charge in [0.1, 0.15) is 8.07 Å². The molecule has 0 unspecified atom stereocenters. The van der Waals surface area contributed by atoms with E-state index in [0.717, 1.165) is 0 Å². The molecule has 0 amide bonds. The van der Waals surface area contributed by atoms with E-state index in [9.17, 15) is 0 Å². The lowest BCUT2D eigenvalue weighted by atomic mass is 9.94. The number of benzene rings is 2. The first-order valence-corrected chi connectivity index (χ1v) is 12.9. The van der Waals surface area contributed by atoms with Crippen LogP contribution in [-0.2, 0) is 6.42 Å². The van der Waals surface area contributed by atoms with Crippen LogP contribution in [0.25, 0.3) is 16.3 Å². The van der Waals surface area contributed by atoms with Gasteiger partial charge in [0.2, 0.25) is 0 Å². The summed E-state index contributed by atoms with van der Waals surface area (Å²) in [5.41, 5.74) is 9.44. The molecule has 0 fully saturated rings. The van der Waals surface area contributed by atoms with E-state index in [1.807, 2.05) is 0 Å². The van der Waals surface area contributed by atoms with Gasteiger partial charge >= 0.3 is 0 Å². The van der Waals surface area contributed by atoms with Crippen LogP contribution >= 0.6 is 0 Å². The minimum atomic E-state index is -1.54. The van der Waals surface area contributed by atoms with Crippen molar-refractivity contribution in [3.8, 4) is 11.1 Å². The minimum absolute atomic E-state index is 0.599. The highest BCUT2D eigenvalue weighted by molar-refractivity contribution is 7.07. The Labute approximate surface area is 154 Å². The molecule has 2 bridgehead atoms. The van der Waals surface area contributed by atoms with Crippen molar-refractivity contribution >= 4 is 18.5 Å². The maximum absolute atomic E-state index is 2.57. The molecule has 0 radical (unpaired) electrons. The zero-order chi connectivity index (χ0) is 17.8. The molecule has 0 atom stereocenters. The molecule has 0 saturated heterocycles. The smallest absolute Gasteiger partial charge is 0.0655 e. The highest BCUT2D eigenvalue weighted by Gasteiger charge is 2.45. The van der Waals surface area contributed by atoms with Crippen molar-refractivity contribution < 1.29 is 0 Å². The third-order valence-corrected chi connectivity index (χ3v) is 9.91. The van der Waals surface area contributed by atoms with Crippen LogP contribution in [0.2, 0.25) is 13.1 Å². The van der Waals surface area contributed by atoms with Gasteiger partial charge in [-0.1, -0.05) is 82.3 Å². The Morgan fingerprint density at radius 2 is 1.68 bits per heavy atom. The fraction of sp³-hybridized carbons (Fsp3) is 0.417. The van der Waals surface area contributed by atoms with Crippen LogP contribution < -0.4 is 5.19 Å². The lowest BCUT2D eigenvalue weighted by molar-refractivity contribution is 0.778. The molecule has 0 spiro atoms. The van der Waals surface area contributed by atoms with Crippen LogP contribution in [0, 0.1) is 0 Å². The third kappa shape index (κ3) is 2.47. The predicted octanol–water partition coefficient (Wildman–Crippen LogP) is 6.45. The molecule has 1 aliphatic carbocycles. The molecule has 2 aromatic rings. The molecule has 2 aliphatic rings. The molecule has 1 heterocycles. The number of unbranched alkanes of at least 4 members (excludes halogenated alkanes) is 1. The van der Waals surface area contributed by atoms with Crippen LogP contribution in [0.1, 0.15) is 62.6 Å². The van der Waals surface area contributed by atoms with Crippen LogP contribution in [0.15, 0.2) is 42.0 Å². The zero-order valence-electron chi connectivity index (χ0n) is 16.4. The van der Waals surface area contributed by atoms with Gasteiger partial charge in [-0.05, 0) is 63.4 Å². The first-order chi connectivity index (χ1) is 11.9. The molecular weight excluding hydrogens is 316 g/mol. The summed E-state index contributed by atoms with van der Waals surface area (Å²) in [6, 6.07) is 14.3. The van der Waals surface area contributed by atoms with Gasteiger partial charge in [0.05, 0.1) is 0 Å². The van der Waals surface area contributed by atoms with E-state index in [1.54, 1.807) is 32.6 Å². The van der Waals surface area contributed by atoms with Crippen molar-refractivity contribution in [2.45, 2.75) is 65.5 Å². The largest absolute Gasteiger partial charge is 0.113 e. The van der Waals surface area contributed by atoms with Crippen molar-refractivity contribution in [1.29, 1.82) is 0 Å². The van der Waals surface area contributed by atoms with E-state index in [2.05, 4.69) is 70.3 Å². The number of fused-ring (bicyclic) bond motifs is 1. The van der Waals surface area contributed by atoms with Crippen molar-refractivity contribution in [2.24, 2.45) is 0 Å². The van der Waals surface area contributed by atoms with Gasteiger partial charge in [0.25, 0.3) is 0 Å². The maximum Gasteiger partial charge on any atom is 0.113 e. The summed E-state index contributed by atoms with van der Waals surface area (Å²) in [6.45, 7) is 12.0. The topological polar surface area (TPSA) is 0 Å². The number of hydrogen-bond donors (Lipinski definition) is 0. The lowest BCUT2D eigenvalue weighted by Gasteiger charge is -2.22. The van der Waals surface area contributed by atoms with Crippen LogP contribution in [0.4, 0.5) is 0 Å². The van der Waals surface area contributed by atoms with E-state index in [-0.39, 0.29) is 0 Å². The van der Waals surface area contributed by atoms with E-state index < -0.39 is 8.07 Å². The van der Waals surface area contributed by atoms with Crippen LogP contribution in [-0.4, -0.2) is 8.07 Å². The third-order valence-electron chi connectivity index (χ3n) is 6.30. The van der Waals surface area contributed by atoms with Gasteiger partial charge < -0.3 is 0 Å². The number of hydrogen-bond acceptors (Lipinski definition) is 0. The van der Waals surface area contributed by atoms with Gasteiger partial charge in [-0.15, -0.1) is 0 Å². The van der Waals surface area contributed by atoms with Gasteiger partial charge in [0.15, 0.2) is 0 Å². The molecule has 0 nitrogen and oxygen atoms in total. The average molecular weight is 347 g/mol. The Bertz CT molecular complexity index is 850. The van der Waals surface area contributed by atoms with E-state index in [4.69, 9.17) is 0 Å². The SMILES string of the molecule is CCCCC1=C2c3c(ccc(c3-c3ccc(C(C)C)cc3)[Si]2(C)C)C1. The predicted molar refractivity (Wildman–Crippen MR) is 113 cm³/mol. The number of allylic oxidation sites excluding steroid dienone is 1. The van der Waals surface area contributed by atoms with Crippen LogP contribution in [0.3, 0.4) is 0 Å². The zero-order valence-corrected chi connectivity index (χ0v) is 17.4. The Kier molecular flexibility index (Phi) is 4.03. The standard InChI is InChI=1S/C24H30Si/c1-6-7-8-20-15-19-13-14-21-22(23(19)24(20)25(21,4)5)18-11-9-17(10-12-18)16(2)3/h9-14,16H,6-8,15H2,1-5H3. The van der Waals surface area contributed by atoms with Gasteiger partial charge in [-0.3, -0.25) is 0 Å². The summed E-state index contributed by atoms with van der Waals surface area (Å²) in [5, 5.41) is 3.45. The summed E-state index contributed by atoms with van der Waals surface area (Å²) in [6.07, 6.45) is 5.14. The summed E-state index contributed by atoms with van der Waals surface area (Å²) < 4.78 is 0. The molecule has 0 saturated carbocycles. The van der Waals surface area contributed by atoms with Crippen molar-refractivity contribution in [3.63, 3.8) is 0 Å². The Morgan fingerprint density at radius 1 is 0.960 bits per heavy atom. The molecule has 0 aromatic heterocycles. The molecule has 1 heteroatoms. The molecule has 1 aliphatic heterocycles. The summed E-state index contributed by atoms with van der Waals surface area (Å²) >= 11 is 0. The monoisotopic (exact) mass is 346 g/mol. The van der Waals surface area contributed by atoms with E-state index in [0.29, 0.717) is 5.92 Å². The summed E-state index contributed by atoms with van der Waals surface area (Å²) in [7, 11) is -1.54. The van der Waals surface area contributed by atoms with Crippen molar-refractivity contribution in [1.82, 2.24) is 0 Å². The molecular formula is C24H30Si. The van der Waals surface area contributed by atoms with Gasteiger partial charge in [0, 0.05) is 0 Å². The molecule has 130 valence electrons.